The molecule has 1 N–H and O–H groups in total. The zero-order valence-corrected chi connectivity index (χ0v) is 12.1. The van der Waals surface area contributed by atoms with Gasteiger partial charge in [-0.05, 0) is 19.8 Å². The van der Waals surface area contributed by atoms with Crippen LogP contribution in [0.25, 0.3) is 0 Å². The van der Waals surface area contributed by atoms with E-state index in [0.717, 1.165) is 12.8 Å². The largest absolute Gasteiger partial charge is 0.401 e. The van der Waals surface area contributed by atoms with Crippen molar-refractivity contribution in [3.05, 3.63) is 0 Å². The van der Waals surface area contributed by atoms with Crippen molar-refractivity contribution in [3.63, 3.8) is 0 Å². The van der Waals surface area contributed by atoms with Crippen molar-refractivity contribution in [1.29, 1.82) is 5.26 Å². The number of nitrogens with zero attached hydrogens (tertiary/aromatic N) is 3. The molecule has 1 rings (SSSR count). The summed E-state index contributed by atoms with van der Waals surface area (Å²) in [5.74, 6) is 0. The third-order valence-electron chi connectivity index (χ3n) is 3.43. The van der Waals surface area contributed by atoms with Gasteiger partial charge < -0.3 is 10.2 Å². The first-order valence-corrected chi connectivity index (χ1v) is 7.04. The molecule has 0 bridgehead atoms. The lowest BCUT2D eigenvalue weighted by molar-refractivity contribution is -0.153. The first-order chi connectivity index (χ1) is 9.83. The van der Waals surface area contributed by atoms with Gasteiger partial charge in [-0.25, -0.2) is 4.79 Å². The van der Waals surface area contributed by atoms with Crippen LogP contribution < -0.4 is 5.32 Å². The van der Waals surface area contributed by atoms with E-state index in [9.17, 15) is 18.0 Å². The van der Waals surface area contributed by atoms with Crippen LogP contribution in [-0.2, 0) is 0 Å². The van der Waals surface area contributed by atoms with E-state index in [2.05, 4.69) is 5.32 Å². The molecular formula is C13H21F3N4O. The Kier molecular flexibility index (Phi) is 6.75. The van der Waals surface area contributed by atoms with Gasteiger partial charge in [0.25, 0.3) is 0 Å². The minimum Gasteiger partial charge on any atom is -0.338 e. The SMILES string of the molecule is C[C@@H]1CN(C(=O)NCCCCC#N)CCN1CC(F)(F)F. The molecule has 8 heteroatoms. The van der Waals surface area contributed by atoms with E-state index in [1.54, 1.807) is 11.8 Å². The van der Waals surface area contributed by atoms with Crippen LogP contribution in [0.3, 0.4) is 0 Å². The third-order valence-corrected chi connectivity index (χ3v) is 3.43. The number of carbonyl (C=O) groups excluding carboxylic acids is 1. The van der Waals surface area contributed by atoms with E-state index < -0.39 is 12.7 Å². The number of amides is 2. The van der Waals surface area contributed by atoms with Crippen molar-refractivity contribution in [1.82, 2.24) is 15.1 Å². The standard InChI is InChI=1S/C13H21F3N4O/c1-11-9-19(7-8-20(11)10-13(14,15)16)12(21)18-6-4-2-3-5-17/h11H,2-4,6-10H2,1H3,(H,18,21)/t11-/m1/s1. The van der Waals surface area contributed by atoms with Crippen molar-refractivity contribution < 1.29 is 18.0 Å². The maximum atomic E-state index is 12.4. The number of urea groups is 1. The molecule has 1 fully saturated rings. The predicted molar refractivity (Wildman–Crippen MR) is 71.5 cm³/mol. The molecule has 21 heavy (non-hydrogen) atoms. The van der Waals surface area contributed by atoms with Gasteiger partial charge in [0.2, 0.25) is 0 Å². The number of alkyl halides is 3. The summed E-state index contributed by atoms with van der Waals surface area (Å²) >= 11 is 0. The smallest absolute Gasteiger partial charge is 0.338 e. The van der Waals surface area contributed by atoms with E-state index in [1.807, 2.05) is 6.07 Å². The lowest BCUT2D eigenvalue weighted by Gasteiger charge is -2.39. The number of halogens is 3. The lowest BCUT2D eigenvalue weighted by Crippen LogP contribution is -2.57. The Morgan fingerprint density at radius 3 is 2.67 bits per heavy atom. The molecule has 0 aromatic heterocycles. The second-order valence-electron chi connectivity index (χ2n) is 5.23. The fraction of sp³-hybridized carbons (Fsp3) is 0.846. The fourth-order valence-corrected chi connectivity index (χ4v) is 2.28. The second kappa shape index (κ2) is 8.08. The molecule has 2 amide bonds. The summed E-state index contributed by atoms with van der Waals surface area (Å²) in [6.07, 6.45) is -2.29. The summed E-state index contributed by atoms with van der Waals surface area (Å²) in [6, 6.07) is 1.47. The molecule has 0 saturated carbocycles. The molecule has 0 aliphatic carbocycles. The first kappa shape index (κ1) is 17.6. The minimum absolute atomic E-state index is 0.225. The van der Waals surface area contributed by atoms with E-state index in [0.29, 0.717) is 26.1 Å². The van der Waals surface area contributed by atoms with E-state index in [-0.39, 0.29) is 18.6 Å². The number of carbonyl (C=O) groups is 1. The first-order valence-electron chi connectivity index (χ1n) is 7.04. The van der Waals surface area contributed by atoms with Crippen LogP contribution in [0.15, 0.2) is 0 Å². The highest BCUT2D eigenvalue weighted by Gasteiger charge is 2.35. The second-order valence-corrected chi connectivity index (χ2v) is 5.23. The molecule has 1 heterocycles. The monoisotopic (exact) mass is 306 g/mol. The van der Waals surface area contributed by atoms with Crippen LogP contribution in [0.2, 0.25) is 0 Å². The molecule has 0 aromatic carbocycles. The van der Waals surface area contributed by atoms with Gasteiger partial charge in [-0.15, -0.1) is 0 Å². The number of hydrogen-bond donors (Lipinski definition) is 1. The van der Waals surface area contributed by atoms with Crippen LogP contribution in [0, 0.1) is 11.3 Å². The van der Waals surface area contributed by atoms with Crippen molar-refractivity contribution >= 4 is 6.03 Å². The quantitative estimate of drug-likeness (QED) is 0.790. The predicted octanol–water partition coefficient (Wildman–Crippen LogP) is 1.96. The summed E-state index contributed by atoms with van der Waals surface area (Å²) in [6.45, 7) is 2.06. The van der Waals surface area contributed by atoms with Crippen molar-refractivity contribution in [2.75, 3.05) is 32.7 Å². The number of piperazine rings is 1. The Balaban J connectivity index is 2.30. The highest BCUT2D eigenvalue weighted by atomic mass is 19.4. The van der Waals surface area contributed by atoms with Gasteiger partial charge in [0.1, 0.15) is 0 Å². The number of nitriles is 1. The Labute approximate surface area is 122 Å². The van der Waals surface area contributed by atoms with Gasteiger partial charge in [-0.2, -0.15) is 18.4 Å². The normalized spacial score (nSPS) is 20.1. The highest BCUT2D eigenvalue weighted by Crippen LogP contribution is 2.20. The maximum Gasteiger partial charge on any atom is 0.401 e. The molecular weight excluding hydrogens is 285 g/mol. The fourth-order valence-electron chi connectivity index (χ4n) is 2.28. The topological polar surface area (TPSA) is 59.4 Å². The summed E-state index contributed by atoms with van der Waals surface area (Å²) in [5, 5.41) is 11.1. The average Bonchev–Trinajstić information content (AvgIpc) is 2.39. The Bertz CT molecular complexity index is 381. The number of hydrogen-bond acceptors (Lipinski definition) is 3. The van der Waals surface area contributed by atoms with Gasteiger partial charge in [0.15, 0.2) is 0 Å². The zero-order valence-electron chi connectivity index (χ0n) is 12.1. The van der Waals surface area contributed by atoms with Gasteiger partial charge in [-0.1, -0.05) is 0 Å². The van der Waals surface area contributed by atoms with Crippen LogP contribution in [0.1, 0.15) is 26.2 Å². The van der Waals surface area contributed by atoms with Crippen LogP contribution in [0.5, 0.6) is 0 Å². The Morgan fingerprint density at radius 1 is 1.38 bits per heavy atom. The lowest BCUT2D eigenvalue weighted by atomic mass is 10.2. The molecule has 1 atom stereocenters. The van der Waals surface area contributed by atoms with Crippen molar-refractivity contribution in [3.8, 4) is 6.07 Å². The Hall–Kier alpha value is -1.49. The van der Waals surface area contributed by atoms with Gasteiger partial charge >= 0.3 is 12.2 Å². The zero-order chi connectivity index (χ0) is 15.9. The molecule has 0 unspecified atom stereocenters. The average molecular weight is 306 g/mol. The third kappa shape index (κ3) is 6.67. The molecule has 0 spiro atoms. The molecule has 120 valence electrons. The number of unbranched alkanes of at least 4 members (excludes halogenated alkanes) is 2. The van der Waals surface area contributed by atoms with Gasteiger partial charge in [0.05, 0.1) is 12.6 Å². The maximum absolute atomic E-state index is 12.4. The van der Waals surface area contributed by atoms with Gasteiger partial charge in [0, 0.05) is 38.6 Å². The van der Waals surface area contributed by atoms with Crippen molar-refractivity contribution in [2.45, 2.75) is 38.4 Å². The molecule has 0 aromatic rings. The molecule has 1 saturated heterocycles. The van der Waals surface area contributed by atoms with Crippen LogP contribution >= 0.6 is 0 Å². The molecule has 5 nitrogen and oxygen atoms in total. The van der Waals surface area contributed by atoms with Crippen LogP contribution in [-0.4, -0.2) is 60.8 Å². The number of rotatable bonds is 5. The van der Waals surface area contributed by atoms with E-state index >= 15 is 0 Å². The van der Waals surface area contributed by atoms with E-state index in [1.165, 1.54) is 4.90 Å². The Morgan fingerprint density at radius 2 is 2.10 bits per heavy atom. The molecule has 0 radical (unpaired) electrons. The minimum atomic E-state index is -4.21. The summed E-state index contributed by atoms with van der Waals surface area (Å²) < 4.78 is 37.1. The summed E-state index contributed by atoms with van der Waals surface area (Å²) in [4.78, 5) is 14.8. The highest BCUT2D eigenvalue weighted by molar-refractivity contribution is 5.74. The molecule has 1 aliphatic rings. The molecule has 1 aliphatic heterocycles. The summed E-state index contributed by atoms with van der Waals surface area (Å²) in [7, 11) is 0. The van der Waals surface area contributed by atoms with Gasteiger partial charge in [-0.3, -0.25) is 4.90 Å². The van der Waals surface area contributed by atoms with E-state index in [4.69, 9.17) is 5.26 Å². The van der Waals surface area contributed by atoms with Crippen LogP contribution in [0.4, 0.5) is 18.0 Å². The number of nitrogens with one attached hydrogen (secondary N) is 1. The van der Waals surface area contributed by atoms with Crippen molar-refractivity contribution in [2.24, 2.45) is 0 Å². The summed E-state index contributed by atoms with van der Waals surface area (Å²) in [5.41, 5.74) is 0.